The Labute approximate surface area is 166 Å². The van der Waals surface area contributed by atoms with Crippen LogP contribution in [0.2, 0.25) is 0 Å². The lowest BCUT2D eigenvalue weighted by molar-refractivity contribution is -0.139. The Kier molecular flexibility index (Phi) is 7.65. The molecule has 1 aliphatic heterocycles. The molecule has 0 spiro atoms. The summed E-state index contributed by atoms with van der Waals surface area (Å²) in [6, 6.07) is 6.96. The van der Waals surface area contributed by atoms with Gasteiger partial charge < -0.3 is 15.5 Å². The van der Waals surface area contributed by atoms with Gasteiger partial charge in [-0.2, -0.15) is 0 Å². The molecule has 0 bridgehead atoms. The van der Waals surface area contributed by atoms with Crippen LogP contribution in [0, 0.1) is 5.82 Å². The highest BCUT2D eigenvalue weighted by Crippen LogP contribution is 2.20. The number of benzene rings is 1. The minimum absolute atomic E-state index is 0.132. The number of hydrogen-bond donors (Lipinski definition) is 2. The van der Waals surface area contributed by atoms with E-state index in [9.17, 15) is 14.0 Å². The Morgan fingerprint density at radius 3 is 2.32 bits per heavy atom. The van der Waals surface area contributed by atoms with Crippen molar-refractivity contribution in [1.82, 2.24) is 15.5 Å². The summed E-state index contributed by atoms with van der Waals surface area (Å²) < 4.78 is 13.9. The number of piperazine rings is 1. The van der Waals surface area contributed by atoms with Gasteiger partial charge in [-0.3, -0.25) is 14.5 Å². The molecule has 2 aliphatic rings. The van der Waals surface area contributed by atoms with Crippen LogP contribution in [0.1, 0.15) is 38.5 Å². The second-order valence-corrected chi connectivity index (χ2v) is 7.70. The van der Waals surface area contributed by atoms with Gasteiger partial charge in [0.2, 0.25) is 0 Å². The molecule has 1 aromatic rings. The van der Waals surface area contributed by atoms with E-state index in [1.807, 2.05) is 11.0 Å². The van der Waals surface area contributed by atoms with Crippen LogP contribution in [-0.4, -0.2) is 62.0 Å². The van der Waals surface area contributed by atoms with Crippen LogP contribution < -0.4 is 15.5 Å². The summed E-state index contributed by atoms with van der Waals surface area (Å²) in [4.78, 5) is 28.4. The minimum atomic E-state index is -0.547. The molecule has 7 heteroatoms. The van der Waals surface area contributed by atoms with Crippen molar-refractivity contribution in [3.63, 3.8) is 0 Å². The highest BCUT2D eigenvalue weighted by Gasteiger charge is 2.21. The number of halogens is 1. The van der Waals surface area contributed by atoms with E-state index >= 15 is 0 Å². The molecular formula is C21H31FN4O2. The van der Waals surface area contributed by atoms with E-state index in [0.717, 1.165) is 51.9 Å². The fourth-order valence-corrected chi connectivity index (χ4v) is 4.00. The van der Waals surface area contributed by atoms with E-state index < -0.39 is 11.8 Å². The predicted octanol–water partition coefficient (Wildman–Crippen LogP) is 1.90. The number of anilines is 1. The molecule has 1 heterocycles. The zero-order chi connectivity index (χ0) is 19.8. The van der Waals surface area contributed by atoms with Gasteiger partial charge in [0.25, 0.3) is 0 Å². The van der Waals surface area contributed by atoms with Gasteiger partial charge in [-0.05, 0) is 25.0 Å². The second kappa shape index (κ2) is 10.4. The minimum Gasteiger partial charge on any atom is -0.367 e. The Balaban J connectivity index is 1.33. The van der Waals surface area contributed by atoms with Crippen LogP contribution in [-0.2, 0) is 9.59 Å². The quantitative estimate of drug-likeness (QED) is 0.595. The average molecular weight is 391 g/mol. The Hall–Kier alpha value is -2.15. The van der Waals surface area contributed by atoms with Gasteiger partial charge in [-0.25, -0.2) is 4.39 Å². The number of carbonyl (C=O) groups is 2. The molecule has 1 saturated carbocycles. The SMILES string of the molecule is O=C(NCCN1CCN(c2ccccc2F)CC1)C(=O)NC1CCCCCC1. The van der Waals surface area contributed by atoms with Crippen LogP contribution >= 0.6 is 0 Å². The fraction of sp³-hybridized carbons (Fsp3) is 0.619. The fourth-order valence-electron chi connectivity index (χ4n) is 4.00. The van der Waals surface area contributed by atoms with Crippen molar-refractivity contribution < 1.29 is 14.0 Å². The highest BCUT2D eigenvalue weighted by molar-refractivity contribution is 6.35. The molecule has 2 amide bonds. The molecule has 0 atom stereocenters. The first-order valence-electron chi connectivity index (χ1n) is 10.4. The van der Waals surface area contributed by atoms with E-state index in [-0.39, 0.29) is 11.9 Å². The van der Waals surface area contributed by atoms with Crippen molar-refractivity contribution in [3.05, 3.63) is 30.1 Å². The maximum absolute atomic E-state index is 13.9. The van der Waals surface area contributed by atoms with Gasteiger partial charge in [0.15, 0.2) is 0 Å². The van der Waals surface area contributed by atoms with Crippen LogP contribution in [0.5, 0.6) is 0 Å². The van der Waals surface area contributed by atoms with Gasteiger partial charge in [0, 0.05) is 45.3 Å². The zero-order valence-corrected chi connectivity index (χ0v) is 16.5. The molecule has 3 rings (SSSR count). The summed E-state index contributed by atoms with van der Waals surface area (Å²) in [5.74, 6) is -1.26. The predicted molar refractivity (Wildman–Crippen MR) is 108 cm³/mol. The number of carbonyl (C=O) groups excluding carboxylic acids is 2. The number of para-hydroxylation sites is 1. The third-order valence-corrected chi connectivity index (χ3v) is 5.68. The number of amides is 2. The Bertz CT molecular complexity index is 654. The van der Waals surface area contributed by atoms with Gasteiger partial charge >= 0.3 is 11.8 Å². The van der Waals surface area contributed by atoms with Gasteiger partial charge in [-0.1, -0.05) is 37.8 Å². The van der Waals surface area contributed by atoms with Gasteiger partial charge in [0.1, 0.15) is 5.82 Å². The van der Waals surface area contributed by atoms with E-state index in [1.54, 1.807) is 12.1 Å². The Morgan fingerprint density at radius 1 is 0.964 bits per heavy atom. The average Bonchev–Trinajstić information content (AvgIpc) is 2.97. The van der Waals surface area contributed by atoms with Crippen LogP contribution in [0.3, 0.4) is 0 Å². The molecule has 2 N–H and O–H groups in total. The van der Waals surface area contributed by atoms with Crippen molar-refractivity contribution in [2.45, 2.75) is 44.6 Å². The summed E-state index contributed by atoms with van der Waals surface area (Å²) in [7, 11) is 0. The number of nitrogens with zero attached hydrogens (tertiary/aromatic N) is 2. The van der Waals surface area contributed by atoms with E-state index in [0.29, 0.717) is 18.8 Å². The largest absolute Gasteiger partial charge is 0.367 e. The maximum Gasteiger partial charge on any atom is 0.309 e. The number of hydrogen-bond acceptors (Lipinski definition) is 4. The standard InChI is InChI=1S/C21H31FN4O2/c22-18-9-5-6-10-19(18)26-15-13-25(14-16-26)12-11-23-20(27)21(28)24-17-7-3-1-2-4-8-17/h5-6,9-10,17H,1-4,7-8,11-16H2,(H,23,27)(H,24,28). The molecule has 1 aliphatic carbocycles. The van der Waals surface area contributed by atoms with Crippen molar-refractivity contribution in [1.29, 1.82) is 0 Å². The topological polar surface area (TPSA) is 64.7 Å². The second-order valence-electron chi connectivity index (χ2n) is 7.70. The molecule has 154 valence electrons. The van der Waals surface area contributed by atoms with Gasteiger partial charge in [-0.15, -0.1) is 0 Å². The third kappa shape index (κ3) is 5.92. The van der Waals surface area contributed by atoms with Gasteiger partial charge in [0.05, 0.1) is 5.69 Å². The zero-order valence-electron chi connectivity index (χ0n) is 16.5. The third-order valence-electron chi connectivity index (χ3n) is 5.68. The first kappa shape index (κ1) is 20.6. The normalized spacial score (nSPS) is 19.1. The first-order valence-corrected chi connectivity index (χ1v) is 10.4. The smallest absolute Gasteiger partial charge is 0.309 e. The molecule has 28 heavy (non-hydrogen) atoms. The van der Waals surface area contributed by atoms with Crippen molar-refractivity contribution in [2.75, 3.05) is 44.2 Å². The molecule has 2 fully saturated rings. The molecule has 1 aromatic carbocycles. The van der Waals surface area contributed by atoms with Crippen LogP contribution in [0.15, 0.2) is 24.3 Å². The maximum atomic E-state index is 13.9. The molecule has 6 nitrogen and oxygen atoms in total. The summed E-state index contributed by atoms with van der Waals surface area (Å²) in [6.07, 6.45) is 6.58. The Morgan fingerprint density at radius 2 is 1.64 bits per heavy atom. The lowest BCUT2D eigenvalue weighted by Crippen LogP contribution is -2.50. The lowest BCUT2D eigenvalue weighted by atomic mass is 10.1. The summed E-state index contributed by atoms with van der Waals surface area (Å²) in [5, 5.41) is 5.59. The number of nitrogens with one attached hydrogen (secondary N) is 2. The number of rotatable bonds is 5. The molecule has 0 unspecified atom stereocenters. The first-order chi connectivity index (χ1) is 13.6. The van der Waals surface area contributed by atoms with E-state index in [1.165, 1.54) is 18.9 Å². The van der Waals surface area contributed by atoms with E-state index in [4.69, 9.17) is 0 Å². The monoisotopic (exact) mass is 390 g/mol. The van der Waals surface area contributed by atoms with Crippen molar-refractivity contribution in [3.8, 4) is 0 Å². The van der Waals surface area contributed by atoms with Crippen LogP contribution in [0.25, 0.3) is 0 Å². The molecule has 0 radical (unpaired) electrons. The van der Waals surface area contributed by atoms with Crippen LogP contribution in [0.4, 0.5) is 10.1 Å². The molecule has 0 aromatic heterocycles. The van der Waals surface area contributed by atoms with E-state index in [2.05, 4.69) is 15.5 Å². The molecular weight excluding hydrogens is 359 g/mol. The lowest BCUT2D eigenvalue weighted by Gasteiger charge is -2.36. The summed E-state index contributed by atoms with van der Waals surface area (Å²) in [5.41, 5.74) is 0.644. The van der Waals surface area contributed by atoms with Crippen molar-refractivity contribution in [2.24, 2.45) is 0 Å². The summed E-state index contributed by atoms with van der Waals surface area (Å²) in [6.45, 7) is 4.23. The van der Waals surface area contributed by atoms with Crippen molar-refractivity contribution >= 4 is 17.5 Å². The molecule has 1 saturated heterocycles. The summed E-state index contributed by atoms with van der Waals surface area (Å²) >= 11 is 0. The highest BCUT2D eigenvalue weighted by atomic mass is 19.1.